The third-order valence-corrected chi connectivity index (χ3v) is 5.81. The minimum atomic E-state index is 0. The fraction of sp³-hybridized carbons (Fsp3) is 0.429. The van der Waals surface area contributed by atoms with Crippen molar-refractivity contribution in [1.29, 1.82) is 0 Å². The Morgan fingerprint density at radius 2 is 1.86 bits per heavy atom. The number of thiophene rings is 1. The first kappa shape index (κ1) is 22.7. The molecule has 1 aliphatic heterocycles. The van der Waals surface area contributed by atoms with Crippen LogP contribution in [0.15, 0.2) is 41.4 Å². The quantitative estimate of drug-likeness (QED) is 0.330. The van der Waals surface area contributed by atoms with Crippen molar-refractivity contribution >= 4 is 52.9 Å². The van der Waals surface area contributed by atoms with Crippen molar-refractivity contribution in [3.05, 3.63) is 51.7 Å². The number of aliphatic imine (C=N–C) groups is 1. The van der Waals surface area contributed by atoms with Gasteiger partial charge in [0.2, 0.25) is 5.91 Å². The van der Waals surface area contributed by atoms with E-state index in [0.29, 0.717) is 13.0 Å². The molecule has 5 nitrogen and oxygen atoms in total. The summed E-state index contributed by atoms with van der Waals surface area (Å²) in [5, 5.41) is 6.70. The number of aryl methyl sites for hydroxylation is 1. The Morgan fingerprint density at radius 3 is 2.46 bits per heavy atom. The van der Waals surface area contributed by atoms with Crippen LogP contribution >= 0.6 is 35.3 Å². The normalized spacial score (nSPS) is 14.1. The Balaban J connectivity index is 0.00000280. The van der Waals surface area contributed by atoms with E-state index in [1.807, 2.05) is 28.4 Å². The molecule has 2 aromatic rings. The second kappa shape index (κ2) is 11.4. The summed E-state index contributed by atoms with van der Waals surface area (Å²) in [7, 11) is 0. The molecule has 1 aromatic heterocycles. The van der Waals surface area contributed by atoms with Gasteiger partial charge in [-0.2, -0.15) is 0 Å². The number of guanidine groups is 1. The molecular formula is C21H29IN4OS. The van der Waals surface area contributed by atoms with Crippen molar-refractivity contribution in [3.8, 4) is 0 Å². The summed E-state index contributed by atoms with van der Waals surface area (Å²) in [4.78, 5) is 21.1. The minimum absolute atomic E-state index is 0. The van der Waals surface area contributed by atoms with Gasteiger partial charge in [-0.15, -0.1) is 35.3 Å². The van der Waals surface area contributed by atoms with Gasteiger partial charge in [-0.1, -0.05) is 19.1 Å². The van der Waals surface area contributed by atoms with Crippen molar-refractivity contribution in [2.24, 2.45) is 4.99 Å². The van der Waals surface area contributed by atoms with E-state index in [0.717, 1.165) is 49.7 Å². The number of nitrogens with one attached hydrogen (secondary N) is 2. The minimum Gasteiger partial charge on any atom is -0.357 e. The summed E-state index contributed by atoms with van der Waals surface area (Å²) >= 11 is 1.84. The molecule has 0 radical (unpaired) electrons. The standard InChI is InChI=1S/C21H28N4OS.HI/c1-3-18-11-12-19(27-18)15-24-21(22-4-2)23-14-16-7-9-17(10-8-16)25-13-5-6-20(25)26;/h7-12H,3-6,13-15H2,1-2H3,(H2,22,23,24);1H. The van der Waals surface area contributed by atoms with Crippen LogP contribution in [0.5, 0.6) is 0 Å². The predicted octanol–water partition coefficient (Wildman–Crippen LogP) is 4.31. The summed E-state index contributed by atoms with van der Waals surface area (Å²) in [5.41, 5.74) is 2.12. The molecule has 0 bridgehead atoms. The van der Waals surface area contributed by atoms with Gasteiger partial charge in [-0.3, -0.25) is 4.79 Å². The summed E-state index contributed by atoms with van der Waals surface area (Å²) in [6, 6.07) is 12.5. The van der Waals surface area contributed by atoms with Crippen LogP contribution in [0.25, 0.3) is 0 Å². The van der Waals surface area contributed by atoms with Crippen molar-refractivity contribution < 1.29 is 4.79 Å². The number of rotatable bonds is 7. The highest BCUT2D eigenvalue weighted by atomic mass is 127. The number of hydrogen-bond acceptors (Lipinski definition) is 3. The lowest BCUT2D eigenvalue weighted by molar-refractivity contribution is -0.117. The van der Waals surface area contributed by atoms with Crippen LogP contribution in [-0.2, 0) is 24.3 Å². The van der Waals surface area contributed by atoms with E-state index >= 15 is 0 Å². The maximum absolute atomic E-state index is 11.8. The van der Waals surface area contributed by atoms with Crippen LogP contribution in [0.3, 0.4) is 0 Å². The summed E-state index contributed by atoms with van der Waals surface area (Å²) < 4.78 is 0. The highest BCUT2D eigenvalue weighted by Crippen LogP contribution is 2.21. The molecule has 1 saturated heterocycles. The van der Waals surface area contributed by atoms with E-state index in [2.05, 4.69) is 53.7 Å². The number of benzene rings is 1. The Hall–Kier alpha value is -1.61. The van der Waals surface area contributed by atoms with Gasteiger partial charge in [-0.05, 0) is 49.6 Å². The van der Waals surface area contributed by atoms with Crippen molar-refractivity contribution in [2.45, 2.75) is 46.2 Å². The first-order valence-electron chi connectivity index (χ1n) is 9.68. The van der Waals surface area contributed by atoms with Crippen molar-refractivity contribution in [3.63, 3.8) is 0 Å². The SMILES string of the molecule is CCNC(=NCc1ccc(N2CCCC2=O)cc1)NCc1ccc(CC)s1.I. The molecule has 0 aliphatic carbocycles. The smallest absolute Gasteiger partial charge is 0.227 e. The summed E-state index contributed by atoms with van der Waals surface area (Å²) in [6.07, 6.45) is 2.69. The van der Waals surface area contributed by atoms with Crippen LogP contribution in [0.2, 0.25) is 0 Å². The summed E-state index contributed by atoms with van der Waals surface area (Å²) in [6.45, 7) is 7.29. The largest absolute Gasteiger partial charge is 0.357 e. The molecule has 1 amide bonds. The molecule has 7 heteroatoms. The third-order valence-electron chi connectivity index (χ3n) is 4.58. The molecule has 28 heavy (non-hydrogen) atoms. The number of carbonyl (C=O) groups is 1. The summed E-state index contributed by atoms with van der Waals surface area (Å²) in [5.74, 6) is 1.04. The van der Waals surface area contributed by atoms with Crippen LogP contribution in [0.1, 0.15) is 42.0 Å². The number of halogens is 1. The van der Waals surface area contributed by atoms with Gasteiger partial charge in [0.05, 0.1) is 13.1 Å². The third kappa shape index (κ3) is 6.20. The van der Waals surface area contributed by atoms with E-state index in [-0.39, 0.29) is 29.9 Å². The predicted molar refractivity (Wildman–Crippen MR) is 129 cm³/mol. The molecule has 1 aromatic carbocycles. The molecule has 1 fully saturated rings. The van der Waals surface area contributed by atoms with Crippen LogP contribution in [0.4, 0.5) is 5.69 Å². The van der Waals surface area contributed by atoms with Gasteiger partial charge in [0.1, 0.15) is 0 Å². The highest BCUT2D eigenvalue weighted by Gasteiger charge is 2.21. The molecule has 152 valence electrons. The lowest BCUT2D eigenvalue weighted by Crippen LogP contribution is -2.36. The van der Waals surface area contributed by atoms with E-state index in [9.17, 15) is 4.79 Å². The van der Waals surface area contributed by atoms with E-state index < -0.39 is 0 Å². The zero-order valence-corrected chi connectivity index (χ0v) is 19.7. The van der Waals surface area contributed by atoms with Crippen molar-refractivity contribution in [1.82, 2.24) is 10.6 Å². The average molecular weight is 512 g/mol. The Labute approximate surface area is 188 Å². The molecule has 1 aliphatic rings. The van der Waals surface area contributed by atoms with E-state index in [4.69, 9.17) is 0 Å². The van der Waals surface area contributed by atoms with Crippen LogP contribution in [0, 0.1) is 0 Å². The fourth-order valence-corrected chi connectivity index (χ4v) is 3.99. The second-order valence-electron chi connectivity index (χ2n) is 6.59. The maximum atomic E-state index is 11.8. The van der Waals surface area contributed by atoms with Gasteiger partial charge in [0.25, 0.3) is 0 Å². The molecule has 2 N–H and O–H groups in total. The van der Waals surface area contributed by atoms with Gasteiger partial charge in [-0.25, -0.2) is 4.99 Å². The van der Waals surface area contributed by atoms with E-state index in [1.54, 1.807) is 0 Å². The number of carbonyl (C=O) groups excluding carboxylic acids is 1. The first-order chi connectivity index (χ1) is 13.2. The molecule has 0 unspecified atom stereocenters. The highest BCUT2D eigenvalue weighted by molar-refractivity contribution is 14.0. The first-order valence-corrected chi connectivity index (χ1v) is 10.5. The second-order valence-corrected chi connectivity index (χ2v) is 7.84. The van der Waals surface area contributed by atoms with Gasteiger partial charge in [0.15, 0.2) is 5.96 Å². The van der Waals surface area contributed by atoms with E-state index in [1.165, 1.54) is 9.75 Å². The molecular weight excluding hydrogens is 483 g/mol. The van der Waals surface area contributed by atoms with Gasteiger partial charge in [0, 0.05) is 35.0 Å². The van der Waals surface area contributed by atoms with Gasteiger partial charge >= 0.3 is 0 Å². The molecule has 0 atom stereocenters. The molecule has 0 saturated carbocycles. The lowest BCUT2D eigenvalue weighted by Gasteiger charge is -2.15. The Bertz CT molecular complexity index is 788. The Kier molecular flexibility index (Phi) is 9.24. The number of hydrogen-bond donors (Lipinski definition) is 2. The Morgan fingerprint density at radius 1 is 1.11 bits per heavy atom. The number of nitrogens with zero attached hydrogens (tertiary/aromatic N) is 2. The maximum Gasteiger partial charge on any atom is 0.227 e. The van der Waals surface area contributed by atoms with Crippen LogP contribution < -0.4 is 15.5 Å². The number of anilines is 1. The molecule has 0 spiro atoms. The lowest BCUT2D eigenvalue weighted by atomic mass is 10.2. The monoisotopic (exact) mass is 512 g/mol. The average Bonchev–Trinajstić information content (AvgIpc) is 3.33. The topological polar surface area (TPSA) is 56.7 Å². The fourth-order valence-electron chi connectivity index (χ4n) is 3.09. The molecule has 3 rings (SSSR count). The van der Waals surface area contributed by atoms with Crippen LogP contribution in [-0.4, -0.2) is 25.0 Å². The van der Waals surface area contributed by atoms with Gasteiger partial charge < -0.3 is 15.5 Å². The zero-order chi connectivity index (χ0) is 19.1. The zero-order valence-electron chi connectivity index (χ0n) is 16.5. The number of amides is 1. The van der Waals surface area contributed by atoms with Crippen molar-refractivity contribution in [2.75, 3.05) is 18.0 Å². The molecule has 2 heterocycles.